The van der Waals surface area contributed by atoms with Crippen molar-refractivity contribution in [3.63, 3.8) is 0 Å². The molecule has 0 aliphatic heterocycles. The molecular formula is C19H25N3O3S. The summed E-state index contributed by atoms with van der Waals surface area (Å²) in [4.78, 5) is 12.6. The number of amides is 1. The summed E-state index contributed by atoms with van der Waals surface area (Å²) in [6.45, 7) is 4.48. The fourth-order valence-corrected chi connectivity index (χ4v) is 3.66. The first-order chi connectivity index (χ1) is 12.3. The molecule has 0 saturated heterocycles. The van der Waals surface area contributed by atoms with Gasteiger partial charge in [-0.05, 0) is 42.7 Å². The minimum absolute atomic E-state index is 0.118. The van der Waals surface area contributed by atoms with Crippen molar-refractivity contribution in [1.29, 1.82) is 0 Å². The van der Waals surface area contributed by atoms with Crippen LogP contribution >= 0.6 is 0 Å². The second-order valence-electron chi connectivity index (χ2n) is 6.53. The molecule has 26 heavy (non-hydrogen) atoms. The summed E-state index contributed by atoms with van der Waals surface area (Å²) in [5.41, 5.74) is 6.42. The second-order valence-corrected chi connectivity index (χ2v) is 8.22. The van der Waals surface area contributed by atoms with E-state index in [1.165, 1.54) is 18.2 Å². The van der Waals surface area contributed by atoms with Crippen LogP contribution in [0.15, 0.2) is 59.5 Å². The number of carbonyl (C=O) groups excluding carboxylic acids is 1. The highest BCUT2D eigenvalue weighted by Gasteiger charge is 2.16. The van der Waals surface area contributed by atoms with E-state index in [1.807, 2.05) is 0 Å². The molecule has 2 aromatic carbocycles. The van der Waals surface area contributed by atoms with Crippen molar-refractivity contribution >= 4 is 21.6 Å². The lowest BCUT2D eigenvalue weighted by Gasteiger charge is -2.19. The van der Waals surface area contributed by atoms with Crippen molar-refractivity contribution in [2.45, 2.75) is 31.2 Å². The van der Waals surface area contributed by atoms with E-state index in [9.17, 15) is 13.2 Å². The van der Waals surface area contributed by atoms with Gasteiger partial charge in [0, 0.05) is 23.8 Å². The van der Waals surface area contributed by atoms with E-state index in [2.05, 4.69) is 23.9 Å². The van der Waals surface area contributed by atoms with Crippen LogP contribution in [-0.2, 0) is 10.0 Å². The smallest absolute Gasteiger partial charge is 0.261 e. The summed E-state index contributed by atoms with van der Waals surface area (Å²) in [5.74, 6) is 0.134. The van der Waals surface area contributed by atoms with Crippen LogP contribution in [0.3, 0.4) is 0 Å². The Morgan fingerprint density at radius 1 is 1.08 bits per heavy atom. The summed E-state index contributed by atoms with van der Waals surface area (Å²) in [7, 11) is -3.70. The minimum Gasteiger partial charge on any atom is -0.348 e. The van der Waals surface area contributed by atoms with E-state index in [1.54, 1.807) is 36.4 Å². The van der Waals surface area contributed by atoms with Gasteiger partial charge in [-0.25, -0.2) is 8.42 Å². The fraction of sp³-hybridized carbons (Fsp3) is 0.316. The van der Waals surface area contributed by atoms with Crippen LogP contribution in [0.4, 0.5) is 5.69 Å². The highest BCUT2D eigenvalue weighted by Crippen LogP contribution is 2.17. The van der Waals surface area contributed by atoms with E-state index in [0.29, 0.717) is 23.7 Å². The summed E-state index contributed by atoms with van der Waals surface area (Å²) in [6.07, 6.45) is 0.780. The zero-order valence-electron chi connectivity index (χ0n) is 15.0. The highest BCUT2D eigenvalue weighted by atomic mass is 32.2. The highest BCUT2D eigenvalue weighted by molar-refractivity contribution is 7.92. The summed E-state index contributed by atoms with van der Waals surface area (Å²) >= 11 is 0. The number of hydrogen-bond acceptors (Lipinski definition) is 4. The third-order valence-electron chi connectivity index (χ3n) is 3.81. The molecule has 2 aromatic rings. The average molecular weight is 375 g/mol. The van der Waals surface area contributed by atoms with Crippen LogP contribution in [0, 0.1) is 5.92 Å². The number of sulfonamides is 1. The average Bonchev–Trinajstić information content (AvgIpc) is 2.61. The minimum atomic E-state index is -3.70. The lowest BCUT2D eigenvalue weighted by molar-refractivity contribution is 0.0934. The molecule has 0 saturated carbocycles. The van der Waals surface area contributed by atoms with Gasteiger partial charge in [-0.1, -0.05) is 38.1 Å². The molecule has 0 aliphatic carbocycles. The van der Waals surface area contributed by atoms with Crippen LogP contribution in [0.1, 0.15) is 30.6 Å². The molecule has 0 radical (unpaired) electrons. The third kappa shape index (κ3) is 5.57. The zero-order valence-corrected chi connectivity index (χ0v) is 15.8. The predicted octanol–water partition coefficient (Wildman–Crippen LogP) is 2.59. The SMILES string of the molecule is CC(C)CC(CN)NC(=O)c1cccc(NS(=O)(=O)c2ccccc2)c1. The summed E-state index contributed by atoms with van der Waals surface area (Å²) in [5, 5.41) is 2.89. The summed E-state index contributed by atoms with van der Waals surface area (Å²) in [6, 6.07) is 14.3. The molecule has 4 N–H and O–H groups in total. The van der Waals surface area contributed by atoms with Gasteiger partial charge in [0.25, 0.3) is 15.9 Å². The fourth-order valence-electron chi connectivity index (χ4n) is 2.59. The van der Waals surface area contributed by atoms with E-state index in [4.69, 9.17) is 5.73 Å². The third-order valence-corrected chi connectivity index (χ3v) is 5.20. The van der Waals surface area contributed by atoms with Gasteiger partial charge >= 0.3 is 0 Å². The Morgan fingerprint density at radius 3 is 2.38 bits per heavy atom. The van der Waals surface area contributed by atoms with Gasteiger partial charge in [0.15, 0.2) is 0 Å². The number of benzene rings is 2. The molecule has 0 bridgehead atoms. The Balaban J connectivity index is 2.13. The van der Waals surface area contributed by atoms with Gasteiger partial charge in [-0.15, -0.1) is 0 Å². The predicted molar refractivity (Wildman–Crippen MR) is 103 cm³/mol. The van der Waals surface area contributed by atoms with Crippen LogP contribution < -0.4 is 15.8 Å². The lowest BCUT2D eigenvalue weighted by atomic mass is 10.0. The quantitative estimate of drug-likeness (QED) is 0.660. The number of nitrogens with two attached hydrogens (primary N) is 1. The number of anilines is 1. The molecule has 0 aliphatic rings. The molecule has 0 heterocycles. The van der Waals surface area contributed by atoms with Crippen LogP contribution in [0.25, 0.3) is 0 Å². The Labute approximate surface area is 154 Å². The standard InChI is InChI=1S/C19H25N3O3S/c1-14(2)11-17(13-20)21-19(23)15-7-6-8-16(12-15)22-26(24,25)18-9-4-3-5-10-18/h3-10,12,14,17,22H,11,13,20H2,1-2H3,(H,21,23). The van der Waals surface area contributed by atoms with Crippen molar-refractivity contribution in [2.24, 2.45) is 11.7 Å². The molecule has 1 amide bonds. The van der Waals surface area contributed by atoms with E-state index < -0.39 is 10.0 Å². The molecule has 1 unspecified atom stereocenters. The Bertz CT molecular complexity index is 836. The van der Waals surface area contributed by atoms with Gasteiger partial charge in [-0.3, -0.25) is 9.52 Å². The Hall–Kier alpha value is -2.38. The molecular weight excluding hydrogens is 350 g/mol. The maximum atomic E-state index is 12.4. The summed E-state index contributed by atoms with van der Waals surface area (Å²) < 4.78 is 27.3. The van der Waals surface area contributed by atoms with Crippen molar-refractivity contribution < 1.29 is 13.2 Å². The van der Waals surface area contributed by atoms with Gasteiger partial charge in [0.1, 0.15) is 0 Å². The number of carbonyl (C=O) groups is 1. The molecule has 1 atom stereocenters. The van der Waals surface area contributed by atoms with Crippen molar-refractivity contribution in [3.8, 4) is 0 Å². The van der Waals surface area contributed by atoms with Crippen LogP contribution in [0.2, 0.25) is 0 Å². The number of nitrogens with one attached hydrogen (secondary N) is 2. The first-order valence-corrected chi connectivity index (χ1v) is 9.99. The molecule has 6 nitrogen and oxygen atoms in total. The normalized spacial score (nSPS) is 12.6. The monoisotopic (exact) mass is 375 g/mol. The van der Waals surface area contributed by atoms with Crippen LogP contribution in [-0.4, -0.2) is 26.9 Å². The van der Waals surface area contributed by atoms with Gasteiger partial charge < -0.3 is 11.1 Å². The van der Waals surface area contributed by atoms with Gasteiger partial charge in [-0.2, -0.15) is 0 Å². The topological polar surface area (TPSA) is 101 Å². The zero-order chi connectivity index (χ0) is 19.2. The Morgan fingerprint density at radius 2 is 1.77 bits per heavy atom. The first-order valence-electron chi connectivity index (χ1n) is 8.50. The molecule has 0 fully saturated rings. The van der Waals surface area contributed by atoms with Gasteiger partial charge in [0.05, 0.1) is 4.90 Å². The van der Waals surface area contributed by atoms with E-state index in [-0.39, 0.29) is 16.8 Å². The number of hydrogen-bond donors (Lipinski definition) is 3. The molecule has 140 valence electrons. The molecule has 2 rings (SSSR count). The lowest BCUT2D eigenvalue weighted by Crippen LogP contribution is -2.41. The van der Waals surface area contributed by atoms with Gasteiger partial charge in [0.2, 0.25) is 0 Å². The van der Waals surface area contributed by atoms with E-state index in [0.717, 1.165) is 6.42 Å². The van der Waals surface area contributed by atoms with Crippen LogP contribution in [0.5, 0.6) is 0 Å². The molecule has 7 heteroatoms. The Kier molecular flexibility index (Phi) is 6.76. The number of rotatable bonds is 8. The molecule has 0 spiro atoms. The first kappa shape index (κ1) is 19.9. The van der Waals surface area contributed by atoms with E-state index >= 15 is 0 Å². The van der Waals surface area contributed by atoms with Crippen molar-refractivity contribution in [3.05, 3.63) is 60.2 Å². The maximum Gasteiger partial charge on any atom is 0.261 e. The second kappa shape index (κ2) is 8.82. The molecule has 0 aromatic heterocycles. The van der Waals surface area contributed by atoms with Crippen molar-refractivity contribution in [1.82, 2.24) is 5.32 Å². The largest absolute Gasteiger partial charge is 0.348 e. The maximum absolute atomic E-state index is 12.4. The van der Waals surface area contributed by atoms with Crippen molar-refractivity contribution in [2.75, 3.05) is 11.3 Å².